The molecule has 0 fully saturated rings. The van der Waals surface area contributed by atoms with Crippen molar-refractivity contribution in [2.24, 2.45) is 0 Å². The van der Waals surface area contributed by atoms with Gasteiger partial charge in [-0.2, -0.15) is 10.5 Å². The maximum Gasteiger partial charge on any atom is 0.0998 e. The molecule has 48 heavy (non-hydrogen) atoms. The molecule has 9 rings (SSSR count). The Balaban J connectivity index is 1.36. The normalized spacial score (nSPS) is 11.3. The highest BCUT2D eigenvalue weighted by atomic mass is 15.0. The maximum atomic E-state index is 9.97. The number of rotatable bonds is 4. The van der Waals surface area contributed by atoms with E-state index in [1.807, 2.05) is 24.3 Å². The molecule has 2 aromatic heterocycles. The number of nitrogens with zero attached hydrogens (tertiary/aromatic N) is 4. The Morgan fingerprint density at radius 1 is 0.417 bits per heavy atom. The van der Waals surface area contributed by atoms with Crippen LogP contribution in [0, 0.1) is 22.7 Å². The molecule has 0 radical (unpaired) electrons. The number of nitriles is 2. The van der Waals surface area contributed by atoms with Crippen molar-refractivity contribution in [3.05, 3.63) is 169 Å². The SMILES string of the molecule is N#Cc1ccc(-c2cccc(-n3c4ccccc4c4ccc5c(c6ccccc6n5-c5cccc(-c6ccccc6)c5)c43)c2)c(C#N)c1. The average Bonchev–Trinajstić information content (AvgIpc) is 3.68. The predicted molar refractivity (Wildman–Crippen MR) is 195 cm³/mol. The second-order valence-electron chi connectivity index (χ2n) is 12.0. The molecule has 2 heterocycles. The minimum Gasteiger partial charge on any atom is -0.309 e. The number of hydrogen-bond acceptors (Lipinski definition) is 2. The van der Waals surface area contributed by atoms with Gasteiger partial charge in [-0.05, 0) is 76.9 Å². The van der Waals surface area contributed by atoms with E-state index in [9.17, 15) is 10.5 Å². The van der Waals surface area contributed by atoms with Crippen LogP contribution in [0.2, 0.25) is 0 Å². The third kappa shape index (κ3) is 4.14. The predicted octanol–water partition coefficient (Wildman–Crippen LogP) is 11.0. The van der Waals surface area contributed by atoms with Crippen molar-refractivity contribution in [3.63, 3.8) is 0 Å². The number of aromatic nitrogens is 2. The summed E-state index contributed by atoms with van der Waals surface area (Å²) in [6.45, 7) is 0. The van der Waals surface area contributed by atoms with Crippen molar-refractivity contribution in [3.8, 4) is 45.8 Å². The summed E-state index contributed by atoms with van der Waals surface area (Å²) < 4.78 is 4.74. The number of hydrogen-bond donors (Lipinski definition) is 0. The fourth-order valence-electron chi connectivity index (χ4n) is 7.28. The Kier molecular flexibility index (Phi) is 6.22. The van der Waals surface area contributed by atoms with Gasteiger partial charge in [0.1, 0.15) is 0 Å². The Labute approximate surface area is 277 Å². The first-order valence-corrected chi connectivity index (χ1v) is 15.9. The van der Waals surface area contributed by atoms with Crippen molar-refractivity contribution < 1.29 is 0 Å². The number of para-hydroxylation sites is 2. The first-order valence-electron chi connectivity index (χ1n) is 15.9. The van der Waals surface area contributed by atoms with E-state index in [0.717, 1.165) is 44.6 Å². The van der Waals surface area contributed by atoms with Crippen LogP contribution in [0.1, 0.15) is 11.1 Å². The van der Waals surface area contributed by atoms with E-state index < -0.39 is 0 Å². The molecule has 4 nitrogen and oxygen atoms in total. The molecule has 0 aliphatic heterocycles. The van der Waals surface area contributed by atoms with Gasteiger partial charge in [0, 0.05) is 32.9 Å². The van der Waals surface area contributed by atoms with Gasteiger partial charge in [0.15, 0.2) is 0 Å². The highest BCUT2D eigenvalue weighted by molar-refractivity contribution is 6.26. The molecule has 9 aromatic rings. The highest BCUT2D eigenvalue weighted by Crippen LogP contribution is 2.42. The Morgan fingerprint density at radius 3 is 1.83 bits per heavy atom. The summed E-state index contributed by atoms with van der Waals surface area (Å²) in [4.78, 5) is 0. The van der Waals surface area contributed by atoms with Gasteiger partial charge in [0.2, 0.25) is 0 Å². The van der Waals surface area contributed by atoms with Gasteiger partial charge < -0.3 is 9.13 Å². The van der Waals surface area contributed by atoms with Crippen LogP contribution in [0.3, 0.4) is 0 Å². The molecule has 0 saturated carbocycles. The monoisotopic (exact) mass is 610 g/mol. The molecular formula is C44H26N4. The van der Waals surface area contributed by atoms with E-state index in [4.69, 9.17) is 0 Å². The van der Waals surface area contributed by atoms with Gasteiger partial charge in [0.25, 0.3) is 0 Å². The first-order chi connectivity index (χ1) is 23.7. The topological polar surface area (TPSA) is 57.4 Å². The maximum absolute atomic E-state index is 9.97. The summed E-state index contributed by atoms with van der Waals surface area (Å²) in [5.74, 6) is 0. The van der Waals surface area contributed by atoms with Gasteiger partial charge in [-0.1, -0.05) is 103 Å². The fraction of sp³-hybridized carbons (Fsp3) is 0. The van der Waals surface area contributed by atoms with E-state index in [1.54, 1.807) is 12.1 Å². The first kappa shape index (κ1) is 27.4. The lowest BCUT2D eigenvalue weighted by Gasteiger charge is -2.13. The third-order valence-electron chi connectivity index (χ3n) is 9.37. The number of fused-ring (bicyclic) bond motifs is 7. The van der Waals surface area contributed by atoms with Crippen LogP contribution in [0.4, 0.5) is 0 Å². The molecule has 4 heteroatoms. The molecule has 0 N–H and O–H groups in total. The zero-order chi connectivity index (χ0) is 32.2. The molecule has 0 unspecified atom stereocenters. The lowest BCUT2D eigenvalue weighted by Crippen LogP contribution is -1.96. The molecule has 0 aliphatic rings. The summed E-state index contributed by atoms with van der Waals surface area (Å²) >= 11 is 0. The lowest BCUT2D eigenvalue weighted by atomic mass is 9.98. The zero-order valence-corrected chi connectivity index (χ0v) is 25.8. The summed E-state index contributed by atoms with van der Waals surface area (Å²) in [5.41, 5.74) is 11.7. The van der Waals surface area contributed by atoms with Crippen LogP contribution in [-0.4, -0.2) is 9.13 Å². The summed E-state index contributed by atoms with van der Waals surface area (Å²) in [6.07, 6.45) is 0. The minimum absolute atomic E-state index is 0.474. The lowest BCUT2D eigenvalue weighted by molar-refractivity contribution is 1.17. The van der Waals surface area contributed by atoms with Crippen LogP contribution in [0.5, 0.6) is 0 Å². The Hall–Kier alpha value is -6.88. The molecule has 0 bridgehead atoms. The summed E-state index contributed by atoms with van der Waals surface area (Å²) in [6, 6.07) is 59.1. The van der Waals surface area contributed by atoms with E-state index in [-0.39, 0.29) is 0 Å². The van der Waals surface area contributed by atoms with Crippen molar-refractivity contribution in [1.29, 1.82) is 10.5 Å². The van der Waals surface area contributed by atoms with E-state index in [1.165, 1.54) is 32.7 Å². The largest absolute Gasteiger partial charge is 0.309 e. The zero-order valence-electron chi connectivity index (χ0n) is 25.8. The molecule has 0 saturated heterocycles. The molecule has 222 valence electrons. The summed E-state index contributed by atoms with van der Waals surface area (Å²) in [5, 5.41) is 24.1. The van der Waals surface area contributed by atoms with E-state index in [2.05, 4.69) is 143 Å². The summed E-state index contributed by atoms with van der Waals surface area (Å²) in [7, 11) is 0. The van der Waals surface area contributed by atoms with Crippen LogP contribution >= 0.6 is 0 Å². The van der Waals surface area contributed by atoms with Gasteiger partial charge in [-0.15, -0.1) is 0 Å². The van der Waals surface area contributed by atoms with Gasteiger partial charge in [-0.25, -0.2) is 0 Å². The van der Waals surface area contributed by atoms with Crippen molar-refractivity contribution in [2.75, 3.05) is 0 Å². The molecule has 0 aliphatic carbocycles. The fourth-order valence-corrected chi connectivity index (χ4v) is 7.28. The van der Waals surface area contributed by atoms with Crippen molar-refractivity contribution in [1.82, 2.24) is 9.13 Å². The van der Waals surface area contributed by atoms with Crippen molar-refractivity contribution >= 4 is 43.6 Å². The number of benzene rings is 7. The van der Waals surface area contributed by atoms with Crippen LogP contribution in [0.25, 0.3) is 77.2 Å². The highest BCUT2D eigenvalue weighted by Gasteiger charge is 2.21. The molecule has 0 atom stereocenters. The molecular weight excluding hydrogens is 585 g/mol. The van der Waals surface area contributed by atoms with E-state index in [0.29, 0.717) is 11.1 Å². The van der Waals surface area contributed by atoms with Crippen molar-refractivity contribution in [2.45, 2.75) is 0 Å². The van der Waals surface area contributed by atoms with Gasteiger partial charge >= 0.3 is 0 Å². The molecule has 0 spiro atoms. The minimum atomic E-state index is 0.474. The van der Waals surface area contributed by atoms with E-state index >= 15 is 0 Å². The quantitative estimate of drug-likeness (QED) is 0.199. The second kappa shape index (κ2) is 10.9. The van der Waals surface area contributed by atoms with Crippen LogP contribution in [0.15, 0.2) is 158 Å². The average molecular weight is 611 g/mol. The third-order valence-corrected chi connectivity index (χ3v) is 9.37. The Bertz CT molecular complexity index is 2800. The molecule has 7 aromatic carbocycles. The smallest absolute Gasteiger partial charge is 0.0998 e. The molecule has 0 amide bonds. The Morgan fingerprint density at radius 2 is 1.06 bits per heavy atom. The van der Waals surface area contributed by atoms with Gasteiger partial charge in [-0.3, -0.25) is 0 Å². The van der Waals surface area contributed by atoms with Crippen LogP contribution < -0.4 is 0 Å². The second-order valence-corrected chi connectivity index (χ2v) is 12.0. The van der Waals surface area contributed by atoms with Crippen LogP contribution in [-0.2, 0) is 0 Å². The van der Waals surface area contributed by atoms with Gasteiger partial charge in [0.05, 0.1) is 45.3 Å². The standard InChI is InChI=1S/C44H26N4/c45-27-29-20-21-36(33(24-29)28-46)32-13-9-15-35(26-32)48-40-18-6-4-16-37(40)38-22-23-42-43(44(38)48)39-17-5-7-19-41(39)47(42)34-14-8-12-31(25-34)30-10-2-1-3-11-30/h1-26H.